The fourth-order valence-corrected chi connectivity index (χ4v) is 3.31. The first-order valence-corrected chi connectivity index (χ1v) is 8.27. The van der Waals surface area contributed by atoms with Crippen LogP contribution in [0.3, 0.4) is 0 Å². The van der Waals surface area contributed by atoms with Crippen molar-refractivity contribution in [3.05, 3.63) is 73.5 Å². The molecule has 2 heterocycles. The minimum Gasteiger partial charge on any atom is -0.303 e. The second-order valence-electron chi connectivity index (χ2n) is 6.11. The van der Waals surface area contributed by atoms with E-state index in [9.17, 15) is 9.59 Å². The largest absolute Gasteiger partial charge is 0.330 e. The van der Waals surface area contributed by atoms with Crippen molar-refractivity contribution < 1.29 is 0 Å². The Morgan fingerprint density at radius 1 is 1.17 bits per heavy atom. The molecule has 6 heteroatoms. The van der Waals surface area contributed by atoms with Crippen molar-refractivity contribution in [3.63, 3.8) is 0 Å². The molecule has 0 atom stereocenters. The lowest BCUT2D eigenvalue weighted by Gasteiger charge is -2.26. The minimum atomic E-state index is -0.303. The van der Waals surface area contributed by atoms with Gasteiger partial charge in [-0.3, -0.25) is 14.3 Å². The van der Waals surface area contributed by atoms with Gasteiger partial charge in [0, 0.05) is 50.5 Å². The topological polar surface area (TPSA) is 47.2 Å². The molecule has 0 N–H and O–H groups in total. The Hall–Kier alpha value is -2.11. The molecule has 1 aromatic carbocycles. The third-order valence-corrected chi connectivity index (χ3v) is 4.75. The number of hydrogen-bond acceptors (Lipinski definition) is 3. The molecule has 0 radical (unpaired) electrons. The first-order chi connectivity index (χ1) is 11.5. The van der Waals surface area contributed by atoms with Crippen molar-refractivity contribution in [2.45, 2.75) is 13.0 Å². The minimum absolute atomic E-state index is 0.223. The molecule has 1 aliphatic rings. The van der Waals surface area contributed by atoms with Gasteiger partial charge in [-0.15, -0.1) is 0 Å². The summed E-state index contributed by atoms with van der Waals surface area (Å²) < 4.78 is 2.61. The van der Waals surface area contributed by atoms with Gasteiger partial charge in [0.15, 0.2) is 0 Å². The molecule has 126 valence electrons. The third-order valence-electron chi connectivity index (χ3n) is 4.42. The van der Waals surface area contributed by atoms with Gasteiger partial charge >= 0.3 is 5.69 Å². The maximum atomic E-state index is 12.2. The van der Waals surface area contributed by atoms with Gasteiger partial charge in [-0.05, 0) is 23.6 Å². The normalized spacial score (nSPS) is 15.4. The lowest BCUT2D eigenvalue weighted by atomic mass is 9.99. The monoisotopic (exact) mass is 345 g/mol. The molecule has 24 heavy (non-hydrogen) atoms. The van der Waals surface area contributed by atoms with E-state index in [1.54, 1.807) is 13.2 Å². The van der Waals surface area contributed by atoms with E-state index in [0.717, 1.165) is 34.7 Å². The molecule has 0 bridgehead atoms. The highest BCUT2D eigenvalue weighted by Gasteiger charge is 2.17. The van der Waals surface area contributed by atoms with Crippen LogP contribution >= 0.6 is 11.6 Å². The lowest BCUT2D eigenvalue weighted by molar-refractivity contribution is 0.291. The average Bonchev–Trinajstić information content (AvgIpc) is 2.59. The van der Waals surface area contributed by atoms with Gasteiger partial charge in [-0.2, -0.15) is 0 Å². The highest BCUT2D eigenvalue weighted by Crippen LogP contribution is 2.28. The van der Waals surface area contributed by atoms with Crippen molar-refractivity contribution >= 4 is 17.2 Å². The Morgan fingerprint density at radius 3 is 2.58 bits per heavy atom. The Labute approximate surface area is 145 Å². The van der Waals surface area contributed by atoms with Crippen molar-refractivity contribution in [2.24, 2.45) is 14.1 Å². The van der Waals surface area contributed by atoms with Crippen LogP contribution in [0.1, 0.15) is 17.5 Å². The Kier molecular flexibility index (Phi) is 4.73. The molecule has 0 amide bonds. The molecule has 0 fully saturated rings. The predicted molar refractivity (Wildman–Crippen MR) is 96.2 cm³/mol. The summed E-state index contributed by atoms with van der Waals surface area (Å²) in [5, 5.41) is 0.768. The number of nitrogens with zero attached hydrogens (tertiary/aromatic N) is 3. The number of aromatic nitrogens is 2. The quantitative estimate of drug-likeness (QED) is 0.855. The first kappa shape index (κ1) is 16.7. The summed E-state index contributed by atoms with van der Waals surface area (Å²) in [7, 11) is 3.18. The van der Waals surface area contributed by atoms with Crippen LogP contribution in [-0.4, -0.2) is 27.1 Å². The summed E-state index contributed by atoms with van der Waals surface area (Å²) in [5.74, 6) is 0. The van der Waals surface area contributed by atoms with Crippen LogP contribution in [0.5, 0.6) is 0 Å². The van der Waals surface area contributed by atoms with E-state index in [1.165, 1.54) is 17.2 Å². The maximum absolute atomic E-state index is 12.2. The maximum Gasteiger partial charge on any atom is 0.330 e. The van der Waals surface area contributed by atoms with E-state index in [4.69, 9.17) is 11.6 Å². The van der Waals surface area contributed by atoms with Crippen LogP contribution in [0.25, 0.3) is 5.57 Å². The number of benzene rings is 1. The van der Waals surface area contributed by atoms with Gasteiger partial charge in [0.25, 0.3) is 5.56 Å². The van der Waals surface area contributed by atoms with E-state index >= 15 is 0 Å². The number of hydrogen-bond donors (Lipinski definition) is 0. The van der Waals surface area contributed by atoms with Gasteiger partial charge in [0.05, 0.1) is 0 Å². The van der Waals surface area contributed by atoms with E-state index in [2.05, 4.69) is 11.0 Å². The van der Waals surface area contributed by atoms with E-state index in [1.807, 2.05) is 24.3 Å². The van der Waals surface area contributed by atoms with Crippen LogP contribution in [0.4, 0.5) is 0 Å². The standard InChI is InChI=1S/C18H20ClN3O2/c1-20-11-14(17(23)21(2)18(20)24)12-22-9-7-13(8-10-22)15-5-3-4-6-16(15)19/h3-7,11H,8-10,12H2,1-2H3. The molecule has 0 saturated carbocycles. The molecule has 0 aliphatic carbocycles. The Morgan fingerprint density at radius 2 is 1.92 bits per heavy atom. The molecule has 0 unspecified atom stereocenters. The zero-order valence-electron chi connectivity index (χ0n) is 13.8. The van der Waals surface area contributed by atoms with Crippen LogP contribution in [0.2, 0.25) is 5.02 Å². The SMILES string of the molecule is Cn1cc(CN2CC=C(c3ccccc3Cl)CC2)c(=O)n(C)c1=O. The summed E-state index contributed by atoms with van der Waals surface area (Å²) in [6.07, 6.45) is 4.69. The highest BCUT2D eigenvalue weighted by atomic mass is 35.5. The van der Waals surface area contributed by atoms with Crippen molar-refractivity contribution in [2.75, 3.05) is 13.1 Å². The second-order valence-corrected chi connectivity index (χ2v) is 6.51. The van der Waals surface area contributed by atoms with Gasteiger partial charge in [0.2, 0.25) is 0 Å². The molecule has 0 spiro atoms. The van der Waals surface area contributed by atoms with E-state index < -0.39 is 0 Å². The molecule has 2 aromatic rings. The summed E-state index contributed by atoms with van der Waals surface area (Å²) >= 11 is 6.26. The molecule has 1 aliphatic heterocycles. The molecular formula is C18H20ClN3O2. The molecule has 3 rings (SSSR count). The molecule has 0 saturated heterocycles. The van der Waals surface area contributed by atoms with Crippen molar-refractivity contribution in [1.82, 2.24) is 14.0 Å². The summed E-state index contributed by atoms with van der Waals surface area (Å²) in [4.78, 5) is 26.2. The fraction of sp³-hybridized carbons (Fsp3) is 0.333. The van der Waals surface area contributed by atoms with Gasteiger partial charge in [-0.1, -0.05) is 35.9 Å². The van der Waals surface area contributed by atoms with Gasteiger partial charge in [0.1, 0.15) is 0 Å². The fourth-order valence-electron chi connectivity index (χ4n) is 3.05. The Balaban J connectivity index is 1.78. The van der Waals surface area contributed by atoms with Crippen LogP contribution in [0.15, 0.2) is 46.1 Å². The van der Waals surface area contributed by atoms with Crippen LogP contribution in [-0.2, 0) is 20.6 Å². The van der Waals surface area contributed by atoms with Gasteiger partial charge < -0.3 is 4.57 Å². The summed E-state index contributed by atoms with van der Waals surface area (Å²) in [6, 6.07) is 7.85. The average molecular weight is 346 g/mol. The van der Waals surface area contributed by atoms with E-state index in [-0.39, 0.29) is 11.2 Å². The summed E-state index contributed by atoms with van der Waals surface area (Å²) in [6.45, 7) is 2.14. The molecule has 5 nitrogen and oxygen atoms in total. The smallest absolute Gasteiger partial charge is 0.303 e. The first-order valence-electron chi connectivity index (χ1n) is 7.89. The van der Waals surface area contributed by atoms with Crippen molar-refractivity contribution in [3.8, 4) is 0 Å². The number of halogens is 1. The van der Waals surface area contributed by atoms with E-state index in [0.29, 0.717) is 12.1 Å². The second kappa shape index (κ2) is 6.79. The Bertz CT molecular complexity index is 911. The third kappa shape index (κ3) is 3.23. The van der Waals surface area contributed by atoms with Crippen LogP contribution in [0, 0.1) is 0 Å². The highest BCUT2D eigenvalue weighted by molar-refractivity contribution is 6.32. The zero-order chi connectivity index (χ0) is 17.3. The number of rotatable bonds is 3. The zero-order valence-corrected chi connectivity index (χ0v) is 14.6. The van der Waals surface area contributed by atoms with Gasteiger partial charge in [-0.25, -0.2) is 4.79 Å². The molecular weight excluding hydrogens is 326 g/mol. The summed E-state index contributed by atoms with van der Waals surface area (Å²) in [5.41, 5.74) is 2.43. The predicted octanol–water partition coefficient (Wildman–Crippen LogP) is 2.03. The van der Waals surface area contributed by atoms with Crippen molar-refractivity contribution in [1.29, 1.82) is 0 Å². The lowest BCUT2D eigenvalue weighted by Crippen LogP contribution is -2.40. The number of aryl methyl sites for hydroxylation is 1. The molecule has 1 aromatic heterocycles. The van der Waals surface area contributed by atoms with Crippen LogP contribution < -0.4 is 11.2 Å².